The van der Waals surface area contributed by atoms with Crippen LogP contribution in [-0.2, 0) is 16.1 Å². The Balaban J connectivity index is 1.53. The van der Waals surface area contributed by atoms with E-state index in [1.807, 2.05) is 12.1 Å². The molecule has 2 aliphatic rings. The minimum Gasteiger partial charge on any atom is -0.497 e. The number of benzene rings is 1. The van der Waals surface area contributed by atoms with Gasteiger partial charge in [0.1, 0.15) is 11.9 Å². The number of methoxy groups -OCH3 is 1. The molecule has 1 N–H and O–H groups in total. The Hall–Kier alpha value is -1.59. The molecule has 0 radical (unpaired) electrons. The van der Waals surface area contributed by atoms with Gasteiger partial charge in [-0.15, -0.1) is 0 Å². The van der Waals surface area contributed by atoms with Gasteiger partial charge in [-0.1, -0.05) is 12.1 Å². The maximum atomic E-state index is 12.1. The third kappa shape index (κ3) is 3.95. The molecule has 1 atom stereocenters. The van der Waals surface area contributed by atoms with E-state index >= 15 is 0 Å². The van der Waals surface area contributed by atoms with Crippen LogP contribution in [0, 0.1) is 0 Å². The predicted octanol–water partition coefficient (Wildman–Crippen LogP) is 1.17. The van der Waals surface area contributed by atoms with Gasteiger partial charge in [0.05, 0.1) is 13.7 Å². The van der Waals surface area contributed by atoms with E-state index < -0.39 is 0 Å². The van der Waals surface area contributed by atoms with Crippen molar-refractivity contribution in [2.24, 2.45) is 0 Å². The molecule has 1 saturated carbocycles. The van der Waals surface area contributed by atoms with E-state index in [2.05, 4.69) is 22.3 Å². The van der Waals surface area contributed by atoms with E-state index in [0.717, 1.165) is 31.7 Å². The molecule has 0 aromatic heterocycles. The number of morpholine rings is 1. The second kappa shape index (κ2) is 6.45. The lowest BCUT2D eigenvalue weighted by Crippen LogP contribution is -2.49. The van der Waals surface area contributed by atoms with Crippen LogP contribution in [0.25, 0.3) is 0 Å². The molecular weight excluding hydrogens is 268 g/mol. The summed E-state index contributed by atoms with van der Waals surface area (Å²) in [4.78, 5) is 14.3. The molecule has 1 heterocycles. The first kappa shape index (κ1) is 14.4. The molecule has 1 amide bonds. The van der Waals surface area contributed by atoms with E-state index in [4.69, 9.17) is 9.47 Å². The summed E-state index contributed by atoms with van der Waals surface area (Å²) in [7, 11) is 1.67. The number of nitrogens with one attached hydrogen (secondary N) is 1. The molecule has 21 heavy (non-hydrogen) atoms. The number of rotatable bonds is 5. The van der Waals surface area contributed by atoms with Crippen LogP contribution in [-0.4, -0.2) is 49.8 Å². The minimum absolute atomic E-state index is 0.0388. The Bertz CT molecular complexity index is 485. The van der Waals surface area contributed by atoms with Crippen LogP contribution in [0.2, 0.25) is 0 Å². The van der Waals surface area contributed by atoms with Gasteiger partial charge < -0.3 is 14.8 Å². The van der Waals surface area contributed by atoms with Crippen molar-refractivity contribution in [3.8, 4) is 5.75 Å². The fourth-order valence-electron chi connectivity index (χ4n) is 2.52. The molecule has 1 aromatic carbocycles. The maximum absolute atomic E-state index is 12.1. The summed E-state index contributed by atoms with van der Waals surface area (Å²) in [6, 6.07) is 8.44. The molecule has 0 bridgehead atoms. The zero-order valence-corrected chi connectivity index (χ0v) is 12.4. The molecule has 1 saturated heterocycles. The molecule has 5 heteroatoms. The number of hydrogen-bond acceptors (Lipinski definition) is 4. The number of ether oxygens (including phenoxy) is 2. The highest BCUT2D eigenvalue weighted by molar-refractivity contribution is 5.81. The summed E-state index contributed by atoms with van der Waals surface area (Å²) in [6.45, 7) is 2.96. The summed E-state index contributed by atoms with van der Waals surface area (Å²) >= 11 is 0. The molecule has 1 aromatic rings. The first-order valence-corrected chi connectivity index (χ1v) is 7.52. The summed E-state index contributed by atoms with van der Waals surface area (Å²) in [5.74, 6) is 0.902. The van der Waals surface area contributed by atoms with Crippen molar-refractivity contribution in [1.82, 2.24) is 10.2 Å². The Kier molecular flexibility index (Phi) is 4.41. The first-order valence-electron chi connectivity index (χ1n) is 7.52. The van der Waals surface area contributed by atoms with Gasteiger partial charge in [0, 0.05) is 25.7 Å². The van der Waals surface area contributed by atoms with Gasteiger partial charge in [0.2, 0.25) is 0 Å². The lowest BCUT2D eigenvalue weighted by molar-refractivity contribution is -0.138. The third-order valence-corrected chi connectivity index (χ3v) is 3.93. The fourth-order valence-corrected chi connectivity index (χ4v) is 2.52. The summed E-state index contributed by atoms with van der Waals surface area (Å²) in [5.41, 5.74) is 1.22. The van der Waals surface area contributed by atoms with Crippen LogP contribution in [0.1, 0.15) is 18.4 Å². The van der Waals surface area contributed by atoms with E-state index in [9.17, 15) is 4.79 Å². The van der Waals surface area contributed by atoms with E-state index in [1.54, 1.807) is 7.11 Å². The average molecular weight is 290 g/mol. The van der Waals surface area contributed by atoms with Crippen molar-refractivity contribution >= 4 is 5.91 Å². The van der Waals surface area contributed by atoms with Crippen LogP contribution in [0.3, 0.4) is 0 Å². The molecule has 3 rings (SSSR count). The Morgan fingerprint density at radius 1 is 1.38 bits per heavy atom. The highest BCUT2D eigenvalue weighted by Gasteiger charge is 2.31. The SMILES string of the molecule is COc1ccc(CN2CCOC(C(=O)NC3CC3)C2)cc1. The van der Waals surface area contributed by atoms with Crippen LogP contribution < -0.4 is 10.1 Å². The number of carbonyl (C=O) groups excluding carboxylic acids is 1. The topological polar surface area (TPSA) is 50.8 Å². The van der Waals surface area contributed by atoms with Crippen molar-refractivity contribution in [3.05, 3.63) is 29.8 Å². The molecule has 1 aliphatic heterocycles. The molecular formula is C16H22N2O3. The van der Waals surface area contributed by atoms with Gasteiger partial charge in [0.15, 0.2) is 0 Å². The Morgan fingerprint density at radius 2 is 2.14 bits per heavy atom. The normalized spacial score (nSPS) is 22.8. The summed E-state index contributed by atoms with van der Waals surface area (Å²) in [5, 5.41) is 3.02. The smallest absolute Gasteiger partial charge is 0.250 e. The summed E-state index contributed by atoms with van der Waals surface area (Å²) in [6.07, 6.45) is 1.87. The highest BCUT2D eigenvalue weighted by atomic mass is 16.5. The van der Waals surface area contributed by atoms with Crippen LogP contribution in [0.4, 0.5) is 0 Å². The number of carbonyl (C=O) groups is 1. The van der Waals surface area contributed by atoms with E-state index in [0.29, 0.717) is 19.2 Å². The zero-order chi connectivity index (χ0) is 14.7. The molecule has 114 valence electrons. The maximum Gasteiger partial charge on any atom is 0.250 e. The third-order valence-electron chi connectivity index (χ3n) is 3.93. The lowest BCUT2D eigenvalue weighted by atomic mass is 10.1. The van der Waals surface area contributed by atoms with Gasteiger partial charge in [-0.05, 0) is 30.5 Å². The molecule has 1 unspecified atom stereocenters. The highest BCUT2D eigenvalue weighted by Crippen LogP contribution is 2.20. The van der Waals surface area contributed by atoms with Crippen LogP contribution in [0.15, 0.2) is 24.3 Å². The van der Waals surface area contributed by atoms with Crippen molar-refractivity contribution in [2.75, 3.05) is 26.8 Å². The van der Waals surface area contributed by atoms with E-state index in [1.165, 1.54) is 5.56 Å². The molecule has 1 aliphatic carbocycles. The number of hydrogen-bond donors (Lipinski definition) is 1. The monoisotopic (exact) mass is 290 g/mol. The molecule has 5 nitrogen and oxygen atoms in total. The zero-order valence-electron chi connectivity index (χ0n) is 12.4. The number of nitrogens with zero attached hydrogens (tertiary/aromatic N) is 1. The average Bonchev–Trinajstić information content (AvgIpc) is 3.32. The predicted molar refractivity (Wildman–Crippen MR) is 79.2 cm³/mol. The minimum atomic E-state index is -0.336. The van der Waals surface area contributed by atoms with Crippen molar-refractivity contribution in [3.63, 3.8) is 0 Å². The largest absolute Gasteiger partial charge is 0.497 e. The van der Waals surface area contributed by atoms with Crippen molar-refractivity contribution < 1.29 is 14.3 Å². The Morgan fingerprint density at radius 3 is 2.81 bits per heavy atom. The van der Waals surface area contributed by atoms with Gasteiger partial charge in [0.25, 0.3) is 5.91 Å². The standard InChI is InChI=1S/C16H22N2O3/c1-20-14-6-2-12(3-7-14)10-18-8-9-21-15(11-18)16(19)17-13-4-5-13/h2-3,6-7,13,15H,4-5,8-11H2,1H3,(H,17,19). The van der Waals surface area contributed by atoms with Crippen molar-refractivity contribution in [1.29, 1.82) is 0 Å². The van der Waals surface area contributed by atoms with E-state index in [-0.39, 0.29) is 12.0 Å². The quantitative estimate of drug-likeness (QED) is 0.884. The molecule has 0 spiro atoms. The van der Waals surface area contributed by atoms with Crippen LogP contribution >= 0.6 is 0 Å². The van der Waals surface area contributed by atoms with Gasteiger partial charge in [-0.25, -0.2) is 0 Å². The fraction of sp³-hybridized carbons (Fsp3) is 0.562. The lowest BCUT2D eigenvalue weighted by Gasteiger charge is -2.32. The van der Waals surface area contributed by atoms with Gasteiger partial charge in [-0.3, -0.25) is 9.69 Å². The van der Waals surface area contributed by atoms with Crippen LogP contribution in [0.5, 0.6) is 5.75 Å². The first-order chi connectivity index (χ1) is 10.2. The second-order valence-corrected chi connectivity index (χ2v) is 5.73. The van der Waals surface area contributed by atoms with Gasteiger partial charge >= 0.3 is 0 Å². The van der Waals surface area contributed by atoms with Gasteiger partial charge in [-0.2, -0.15) is 0 Å². The Labute approximate surface area is 125 Å². The molecule has 2 fully saturated rings. The number of amides is 1. The van der Waals surface area contributed by atoms with Crippen molar-refractivity contribution in [2.45, 2.75) is 31.5 Å². The summed E-state index contributed by atoms with van der Waals surface area (Å²) < 4.78 is 10.8. The second-order valence-electron chi connectivity index (χ2n) is 5.73.